The number of amides is 1. The maximum atomic E-state index is 14.0. The first kappa shape index (κ1) is 15.4. The Labute approximate surface area is 134 Å². The van der Waals surface area contributed by atoms with Crippen LogP contribution >= 0.6 is 11.3 Å². The molecule has 1 atom stereocenters. The van der Waals surface area contributed by atoms with Crippen molar-refractivity contribution in [1.29, 1.82) is 0 Å². The summed E-state index contributed by atoms with van der Waals surface area (Å²) in [6.45, 7) is 4.37. The number of piperidine rings is 1. The first-order valence-electron chi connectivity index (χ1n) is 7.73. The fraction of sp³-hybridized carbons (Fsp3) is 0.471. The Hall–Kier alpha value is -1.46. The van der Waals surface area contributed by atoms with E-state index in [2.05, 4.69) is 5.32 Å². The number of nitrogens with zero attached hydrogens (tertiary/aromatic N) is 1. The molecule has 0 spiro atoms. The predicted molar refractivity (Wildman–Crippen MR) is 89.1 cm³/mol. The number of hydrogen-bond acceptors (Lipinski definition) is 3. The second-order valence-corrected chi connectivity index (χ2v) is 7.04. The molecule has 0 radical (unpaired) electrons. The highest BCUT2D eigenvalue weighted by molar-refractivity contribution is 7.21. The lowest BCUT2D eigenvalue weighted by molar-refractivity contribution is 0.0678. The molecule has 1 aromatic heterocycles. The van der Waals surface area contributed by atoms with E-state index in [1.165, 1.54) is 17.4 Å². The number of thiophene rings is 1. The Balaban J connectivity index is 1.89. The Morgan fingerprint density at radius 2 is 2.32 bits per heavy atom. The number of nitrogens with one attached hydrogen (secondary N) is 1. The highest BCUT2D eigenvalue weighted by Gasteiger charge is 2.27. The minimum absolute atomic E-state index is 0.0545. The lowest BCUT2D eigenvalue weighted by Gasteiger charge is -2.32. The van der Waals surface area contributed by atoms with Crippen molar-refractivity contribution in [3.8, 4) is 0 Å². The second kappa shape index (κ2) is 6.34. The van der Waals surface area contributed by atoms with Crippen LogP contribution in [0, 0.1) is 18.7 Å². The van der Waals surface area contributed by atoms with Crippen molar-refractivity contribution >= 4 is 27.3 Å². The minimum Gasteiger partial charge on any atom is -0.338 e. The van der Waals surface area contributed by atoms with Crippen molar-refractivity contribution in [1.82, 2.24) is 10.2 Å². The molecule has 1 aromatic carbocycles. The maximum absolute atomic E-state index is 14.0. The Morgan fingerprint density at radius 3 is 3.05 bits per heavy atom. The molecular weight excluding hydrogens is 299 g/mol. The number of hydrogen-bond donors (Lipinski definition) is 1. The van der Waals surface area contributed by atoms with Crippen molar-refractivity contribution in [3.05, 3.63) is 34.5 Å². The summed E-state index contributed by atoms with van der Waals surface area (Å²) in [6, 6.07) is 5.04. The van der Waals surface area contributed by atoms with E-state index in [0.29, 0.717) is 16.2 Å². The SMILES string of the molecule is CNC[C@@H]1CCCN(C(=O)c2sc3cccc(F)c3c2C)C1. The summed E-state index contributed by atoms with van der Waals surface area (Å²) in [4.78, 5) is 15.5. The van der Waals surface area contributed by atoms with Gasteiger partial charge in [-0.15, -0.1) is 11.3 Å². The van der Waals surface area contributed by atoms with Crippen LogP contribution in [0.3, 0.4) is 0 Å². The van der Waals surface area contributed by atoms with Crippen LogP contribution in [-0.4, -0.2) is 37.5 Å². The molecule has 1 aliphatic rings. The highest BCUT2D eigenvalue weighted by atomic mass is 32.1. The summed E-state index contributed by atoms with van der Waals surface area (Å²) in [7, 11) is 1.94. The molecule has 0 unspecified atom stereocenters. The molecule has 0 aliphatic carbocycles. The van der Waals surface area contributed by atoms with Gasteiger partial charge in [0.1, 0.15) is 5.82 Å². The van der Waals surface area contributed by atoms with E-state index in [1.54, 1.807) is 6.07 Å². The summed E-state index contributed by atoms with van der Waals surface area (Å²) in [5.74, 6) is 0.324. The van der Waals surface area contributed by atoms with Gasteiger partial charge in [-0.3, -0.25) is 4.79 Å². The Morgan fingerprint density at radius 1 is 1.50 bits per heavy atom. The van der Waals surface area contributed by atoms with Crippen LogP contribution in [0.15, 0.2) is 18.2 Å². The van der Waals surface area contributed by atoms with Gasteiger partial charge in [0.2, 0.25) is 0 Å². The van der Waals surface area contributed by atoms with E-state index in [-0.39, 0.29) is 11.7 Å². The third kappa shape index (κ3) is 2.75. The standard InChI is InChI=1S/C17H21FN2OS/c1-11-15-13(18)6-3-7-14(15)22-16(11)17(21)20-8-4-5-12(10-20)9-19-2/h3,6-7,12,19H,4-5,8-10H2,1-2H3/t12-/m0/s1. The predicted octanol–water partition coefficient (Wildman–Crippen LogP) is 3.42. The van der Waals surface area contributed by atoms with Crippen LogP contribution in [0.4, 0.5) is 4.39 Å². The van der Waals surface area contributed by atoms with Gasteiger partial charge in [-0.25, -0.2) is 4.39 Å². The number of halogens is 1. The van der Waals surface area contributed by atoms with Gasteiger partial charge in [0.05, 0.1) is 4.88 Å². The van der Waals surface area contributed by atoms with Crippen molar-refractivity contribution in [2.75, 3.05) is 26.7 Å². The summed E-state index contributed by atoms with van der Waals surface area (Å²) >= 11 is 1.41. The van der Waals surface area contributed by atoms with E-state index in [4.69, 9.17) is 0 Å². The average molecular weight is 320 g/mol. The van der Waals surface area contributed by atoms with Crippen LogP contribution < -0.4 is 5.32 Å². The quantitative estimate of drug-likeness (QED) is 0.940. The van der Waals surface area contributed by atoms with Gasteiger partial charge >= 0.3 is 0 Å². The molecule has 2 heterocycles. The average Bonchev–Trinajstić information content (AvgIpc) is 2.85. The van der Waals surface area contributed by atoms with E-state index in [1.807, 2.05) is 24.9 Å². The molecule has 118 valence electrons. The van der Waals surface area contributed by atoms with E-state index in [9.17, 15) is 9.18 Å². The van der Waals surface area contributed by atoms with E-state index >= 15 is 0 Å². The van der Waals surface area contributed by atoms with Crippen molar-refractivity contribution in [2.24, 2.45) is 5.92 Å². The van der Waals surface area contributed by atoms with Crippen LogP contribution in [0.2, 0.25) is 0 Å². The van der Waals surface area contributed by atoms with Crippen LogP contribution in [0.1, 0.15) is 28.1 Å². The fourth-order valence-electron chi connectivity index (χ4n) is 3.31. The zero-order valence-electron chi connectivity index (χ0n) is 13.0. The summed E-state index contributed by atoms with van der Waals surface area (Å²) < 4.78 is 14.9. The van der Waals surface area contributed by atoms with Crippen LogP contribution in [0.25, 0.3) is 10.1 Å². The molecule has 3 rings (SSSR count). The molecule has 0 saturated carbocycles. The number of carbonyl (C=O) groups excluding carboxylic acids is 1. The Kier molecular flexibility index (Phi) is 4.45. The van der Waals surface area contributed by atoms with Crippen molar-refractivity contribution < 1.29 is 9.18 Å². The first-order chi connectivity index (χ1) is 10.6. The second-order valence-electron chi connectivity index (χ2n) is 5.99. The summed E-state index contributed by atoms with van der Waals surface area (Å²) in [5.41, 5.74) is 0.777. The van der Waals surface area contributed by atoms with Gasteiger partial charge in [0.25, 0.3) is 5.91 Å². The monoisotopic (exact) mass is 320 g/mol. The number of fused-ring (bicyclic) bond motifs is 1. The van der Waals surface area contributed by atoms with Gasteiger partial charge in [-0.2, -0.15) is 0 Å². The zero-order chi connectivity index (χ0) is 15.7. The van der Waals surface area contributed by atoms with Crippen molar-refractivity contribution in [2.45, 2.75) is 19.8 Å². The third-order valence-corrected chi connectivity index (χ3v) is 5.64. The van der Waals surface area contributed by atoms with Gasteiger partial charge in [-0.05, 0) is 57.0 Å². The number of rotatable bonds is 3. The number of carbonyl (C=O) groups is 1. The molecule has 0 bridgehead atoms. The number of aryl methyl sites for hydroxylation is 1. The first-order valence-corrected chi connectivity index (χ1v) is 8.55. The fourth-order valence-corrected chi connectivity index (χ4v) is 4.50. The molecule has 3 nitrogen and oxygen atoms in total. The molecule has 1 N–H and O–H groups in total. The normalized spacial score (nSPS) is 18.9. The summed E-state index contributed by atoms with van der Waals surface area (Å²) in [6.07, 6.45) is 2.20. The third-order valence-electron chi connectivity index (χ3n) is 4.40. The molecule has 1 fully saturated rings. The van der Waals surface area contributed by atoms with E-state index < -0.39 is 0 Å². The largest absolute Gasteiger partial charge is 0.338 e. The molecule has 5 heteroatoms. The topological polar surface area (TPSA) is 32.3 Å². The lowest BCUT2D eigenvalue weighted by Crippen LogP contribution is -2.42. The molecule has 1 amide bonds. The molecule has 1 saturated heterocycles. The van der Waals surface area contributed by atoms with Crippen LogP contribution in [-0.2, 0) is 0 Å². The van der Waals surface area contributed by atoms with Crippen LogP contribution in [0.5, 0.6) is 0 Å². The Bertz CT molecular complexity index is 695. The molecule has 2 aromatic rings. The summed E-state index contributed by atoms with van der Waals surface area (Å²) in [5, 5.41) is 3.79. The van der Waals surface area contributed by atoms with Crippen molar-refractivity contribution in [3.63, 3.8) is 0 Å². The maximum Gasteiger partial charge on any atom is 0.264 e. The number of likely N-dealkylation sites (tertiary alicyclic amines) is 1. The van der Waals surface area contributed by atoms with Gasteiger partial charge in [-0.1, -0.05) is 6.07 Å². The lowest BCUT2D eigenvalue weighted by atomic mass is 9.97. The van der Waals surface area contributed by atoms with E-state index in [0.717, 1.165) is 42.7 Å². The van der Waals surface area contributed by atoms with Gasteiger partial charge < -0.3 is 10.2 Å². The molecular formula is C17H21FN2OS. The highest BCUT2D eigenvalue weighted by Crippen LogP contribution is 2.34. The smallest absolute Gasteiger partial charge is 0.264 e. The molecule has 22 heavy (non-hydrogen) atoms. The molecule has 1 aliphatic heterocycles. The zero-order valence-corrected chi connectivity index (χ0v) is 13.8. The van der Waals surface area contributed by atoms with Gasteiger partial charge in [0.15, 0.2) is 0 Å². The number of benzene rings is 1. The minimum atomic E-state index is -0.239. The van der Waals surface area contributed by atoms with Gasteiger partial charge in [0, 0.05) is 23.2 Å².